The highest BCUT2D eigenvalue weighted by Gasteiger charge is 2.15. The molecule has 0 spiro atoms. The summed E-state index contributed by atoms with van der Waals surface area (Å²) in [6.45, 7) is 7.32. The van der Waals surface area contributed by atoms with Crippen LogP contribution in [-0.2, 0) is 4.79 Å². The average Bonchev–Trinajstić information content (AvgIpc) is 2.44. The molecule has 1 rings (SSSR count). The second kappa shape index (κ2) is 7.47. The predicted molar refractivity (Wildman–Crippen MR) is 77.0 cm³/mol. The lowest BCUT2D eigenvalue weighted by atomic mass is 10.2. The van der Waals surface area contributed by atoms with Gasteiger partial charge in [-0.2, -0.15) is 0 Å². The topological polar surface area (TPSA) is 82.5 Å². The van der Waals surface area contributed by atoms with Gasteiger partial charge in [0.2, 0.25) is 0 Å². The van der Waals surface area contributed by atoms with Crippen molar-refractivity contribution in [1.82, 2.24) is 10.3 Å². The number of carboxylic acid groups (broad SMARTS) is 1. The van der Waals surface area contributed by atoms with Crippen molar-refractivity contribution in [2.75, 3.05) is 18.0 Å². The number of aliphatic carboxylic acids is 1. The van der Waals surface area contributed by atoms with Crippen LogP contribution in [0, 0.1) is 0 Å². The van der Waals surface area contributed by atoms with Crippen molar-refractivity contribution in [2.24, 2.45) is 0 Å². The number of carbonyl (C=O) groups excluding carboxylic acids is 1. The summed E-state index contributed by atoms with van der Waals surface area (Å²) in [5, 5.41) is 11.1. The molecular formula is C14H21N3O3. The normalized spacial score (nSPS) is 11.8. The standard InChI is InChI=1S/C14H21N3O3/c1-4-8-17(5-2)12-7-6-11(9-15-12)13(18)16-10(3)14(19)20/h6-7,9-10H,4-5,8H2,1-3H3,(H,16,18)(H,19,20)/t10-/m0/s1. The van der Waals surface area contributed by atoms with E-state index in [9.17, 15) is 9.59 Å². The lowest BCUT2D eigenvalue weighted by Gasteiger charge is -2.21. The fourth-order valence-corrected chi connectivity index (χ4v) is 1.75. The number of nitrogens with zero attached hydrogens (tertiary/aromatic N) is 2. The van der Waals surface area contributed by atoms with Gasteiger partial charge in [0, 0.05) is 19.3 Å². The van der Waals surface area contributed by atoms with Gasteiger partial charge in [-0.1, -0.05) is 6.92 Å². The van der Waals surface area contributed by atoms with Gasteiger partial charge < -0.3 is 15.3 Å². The molecule has 0 aromatic carbocycles. The Hall–Kier alpha value is -2.11. The van der Waals surface area contributed by atoms with Crippen LogP contribution in [0.5, 0.6) is 0 Å². The maximum atomic E-state index is 11.8. The molecule has 6 nitrogen and oxygen atoms in total. The molecule has 6 heteroatoms. The molecule has 1 atom stereocenters. The van der Waals surface area contributed by atoms with Crippen LogP contribution in [0.2, 0.25) is 0 Å². The number of rotatable bonds is 7. The first-order valence-corrected chi connectivity index (χ1v) is 6.74. The Labute approximate surface area is 118 Å². The van der Waals surface area contributed by atoms with E-state index in [1.807, 2.05) is 6.92 Å². The van der Waals surface area contributed by atoms with E-state index in [1.165, 1.54) is 13.1 Å². The third-order valence-corrected chi connectivity index (χ3v) is 2.93. The van der Waals surface area contributed by atoms with E-state index in [0.717, 1.165) is 25.3 Å². The Morgan fingerprint density at radius 2 is 2.10 bits per heavy atom. The molecule has 0 aliphatic heterocycles. The zero-order valence-electron chi connectivity index (χ0n) is 12.1. The number of anilines is 1. The van der Waals surface area contributed by atoms with E-state index in [1.54, 1.807) is 12.1 Å². The van der Waals surface area contributed by atoms with Crippen molar-refractivity contribution in [2.45, 2.75) is 33.2 Å². The van der Waals surface area contributed by atoms with Crippen molar-refractivity contribution in [3.63, 3.8) is 0 Å². The first-order valence-electron chi connectivity index (χ1n) is 6.74. The molecule has 0 aliphatic rings. The van der Waals surface area contributed by atoms with Gasteiger partial charge in [-0.3, -0.25) is 9.59 Å². The van der Waals surface area contributed by atoms with Crippen LogP contribution < -0.4 is 10.2 Å². The van der Waals surface area contributed by atoms with Crippen molar-refractivity contribution >= 4 is 17.7 Å². The molecule has 1 aromatic heterocycles. The molecule has 0 bridgehead atoms. The summed E-state index contributed by atoms with van der Waals surface area (Å²) in [4.78, 5) is 28.9. The minimum absolute atomic E-state index is 0.356. The summed E-state index contributed by atoms with van der Waals surface area (Å²) in [5.74, 6) is -0.683. The maximum absolute atomic E-state index is 11.8. The average molecular weight is 279 g/mol. The molecule has 1 heterocycles. The van der Waals surface area contributed by atoms with Crippen LogP contribution in [0.1, 0.15) is 37.6 Å². The van der Waals surface area contributed by atoms with E-state index in [4.69, 9.17) is 5.11 Å². The molecule has 0 fully saturated rings. The van der Waals surface area contributed by atoms with E-state index in [2.05, 4.69) is 22.1 Å². The smallest absolute Gasteiger partial charge is 0.325 e. The van der Waals surface area contributed by atoms with Gasteiger partial charge in [-0.15, -0.1) is 0 Å². The van der Waals surface area contributed by atoms with Gasteiger partial charge >= 0.3 is 5.97 Å². The lowest BCUT2D eigenvalue weighted by molar-refractivity contribution is -0.138. The molecule has 2 N–H and O–H groups in total. The van der Waals surface area contributed by atoms with Gasteiger partial charge in [0.25, 0.3) is 5.91 Å². The van der Waals surface area contributed by atoms with Crippen LogP contribution in [0.3, 0.4) is 0 Å². The van der Waals surface area contributed by atoms with Crippen LogP contribution in [0.25, 0.3) is 0 Å². The Balaban J connectivity index is 2.75. The minimum Gasteiger partial charge on any atom is -0.480 e. The molecule has 0 radical (unpaired) electrons. The van der Waals surface area contributed by atoms with Gasteiger partial charge in [0.15, 0.2) is 0 Å². The number of pyridine rings is 1. The predicted octanol–water partition coefficient (Wildman–Crippen LogP) is 1.52. The molecule has 0 saturated heterocycles. The number of amides is 1. The molecule has 0 aliphatic carbocycles. The summed E-state index contributed by atoms with van der Waals surface area (Å²) < 4.78 is 0. The van der Waals surface area contributed by atoms with Gasteiger partial charge in [0.05, 0.1) is 5.56 Å². The Morgan fingerprint density at radius 3 is 2.55 bits per heavy atom. The third-order valence-electron chi connectivity index (χ3n) is 2.93. The number of carbonyl (C=O) groups is 2. The van der Waals surface area contributed by atoms with E-state index in [0.29, 0.717) is 5.56 Å². The van der Waals surface area contributed by atoms with Crippen molar-refractivity contribution in [1.29, 1.82) is 0 Å². The molecule has 1 amide bonds. The third kappa shape index (κ3) is 4.22. The summed E-state index contributed by atoms with van der Waals surface area (Å²) >= 11 is 0. The zero-order valence-corrected chi connectivity index (χ0v) is 12.1. The molecule has 20 heavy (non-hydrogen) atoms. The van der Waals surface area contributed by atoms with Crippen LogP contribution in [0.4, 0.5) is 5.82 Å². The first-order chi connectivity index (χ1) is 9.49. The zero-order chi connectivity index (χ0) is 15.1. The second-order valence-electron chi connectivity index (χ2n) is 4.52. The van der Waals surface area contributed by atoms with E-state index >= 15 is 0 Å². The SMILES string of the molecule is CCCN(CC)c1ccc(C(=O)N[C@@H](C)C(=O)O)cn1. The minimum atomic E-state index is -1.07. The first kappa shape index (κ1) is 15.9. The monoisotopic (exact) mass is 279 g/mol. The molecule has 110 valence electrons. The highest BCUT2D eigenvalue weighted by molar-refractivity contribution is 5.96. The summed E-state index contributed by atoms with van der Waals surface area (Å²) in [6.07, 6.45) is 2.49. The summed E-state index contributed by atoms with van der Waals surface area (Å²) in [5.41, 5.74) is 0.356. The highest BCUT2D eigenvalue weighted by Crippen LogP contribution is 2.11. The largest absolute Gasteiger partial charge is 0.480 e. The summed E-state index contributed by atoms with van der Waals surface area (Å²) in [7, 11) is 0. The van der Waals surface area contributed by atoms with Crippen LogP contribution >= 0.6 is 0 Å². The summed E-state index contributed by atoms with van der Waals surface area (Å²) in [6, 6.07) is 2.51. The highest BCUT2D eigenvalue weighted by atomic mass is 16.4. The Kier molecular flexibility index (Phi) is 5.96. The molecule has 1 aromatic rings. The van der Waals surface area contributed by atoms with E-state index in [-0.39, 0.29) is 0 Å². The number of hydrogen-bond acceptors (Lipinski definition) is 4. The Morgan fingerprint density at radius 1 is 1.40 bits per heavy atom. The van der Waals surface area contributed by atoms with Crippen molar-refractivity contribution in [3.8, 4) is 0 Å². The fourth-order valence-electron chi connectivity index (χ4n) is 1.75. The second-order valence-corrected chi connectivity index (χ2v) is 4.52. The lowest BCUT2D eigenvalue weighted by Crippen LogP contribution is -2.38. The number of aromatic nitrogens is 1. The molecule has 0 saturated carbocycles. The quantitative estimate of drug-likeness (QED) is 0.790. The number of nitrogens with one attached hydrogen (secondary N) is 1. The molecular weight excluding hydrogens is 258 g/mol. The van der Waals surface area contributed by atoms with Gasteiger partial charge in [-0.05, 0) is 32.4 Å². The van der Waals surface area contributed by atoms with E-state index < -0.39 is 17.9 Å². The van der Waals surface area contributed by atoms with Gasteiger partial charge in [-0.25, -0.2) is 4.98 Å². The fraction of sp³-hybridized carbons (Fsp3) is 0.500. The van der Waals surface area contributed by atoms with Crippen LogP contribution in [-0.4, -0.2) is 41.1 Å². The number of carboxylic acids is 1. The number of hydrogen-bond donors (Lipinski definition) is 2. The van der Waals surface area contributed by atoms with Crippen LogP contribution in [0.15, 0.2) is 18.3 Å². The Bertz CT molecular complexity index is 459. The van der Waals surface area contributed by atoms with Crippen molar-refractivity contribution in [3.05, 3.63) is 23.9 Å². The molecule has 0 unspecified atom stereocenters. The van der Waals surface area contributed by atoms with Crippen molar-refractivity contribution < 1.29 is 14.7 Å². The maximum Gasteiger partial charge on any atom is 0.325 e. The van der Waals surface area contributed by atoms with Gasteiger partial charge in [0.1, 0.15) is 11.9 Å².